The average Bonchev–Trinajstić information content (AvgIpc) is 3.45. The number of fused-ring (bicyclic) bond motifs is 1. The van der Waals surface area contributed by atoms with E-state index in [9.17, 15) is 9.59 Å². The van der Waals surface area contributed by atoms with Crippen LogP contribution in [-0.2, 0) is 16.0 Å². The standard InChI is InChI=1S/C19H23N3O3/c1-13-12-25-11-10-21(13)18(23)9-8-17-20-16-5-3-2-4-15(16)19(24)22(17)14-6-7-14/h2-5,13-14H,6-12H2,1H3/t13-/m0/s1. The van der Waals surface area contributed by atoms with Crippen molar-refractivity contribution < 1.29 is 9.53 Å². The van der Waals surface area contributed by atoms with Gasteiger partial charge < -0.3 is 9.64 Å². The van der Waals surface area contributed by atoms with Crippen molar-refractivity contribution in [2.75, 3.05) is 19.8 Å². The summed E-state index contributed by atoms with van der Waals surface area (Å²) in [6.07, 6.45) is 2.91. The number of rotatable bonds is 4. The molecule has 2 aromatic rings. The first kappa shape index (κ1) is 16.3. The van der Waals surface area contributed by atoms with Crippen LogP contribution in [0.25, 0.3) is 10.9 Å². The van der Waals surface area contributed by atoms with Gasteiger partial charge in [-0.05, 0) is 31.9 Å². The first-order valence-electron chi connectivity index (χ1n) is 9.02. The summed E-state index contributed by atoms with van der Waals surface area (Å²) in [7, 11) is 0. The van der Waals surface area contributed by atoms with Crippen LogP contribution < -0.4 is 5.56 Å². The predicted octanol–water partition coefficient (Wildman–Crippen LogP) is 1.91. The lowest BCUT2D eigenvalue weighted by Gasteiger charge is -2.33. The van der Waals surface area contributed by atoms with E-state index in [1.807, 2.05) is 40.7 Å². The maximum atomic E-state index is 12.8. The van der Waals surface area contributed by atoms with Crippen LogP contribution >= 0.6 is 0 Å². The lowest BCUT2D eigenvalue weighted by Crippen LogP contribution is -2.47. The van der Waals surface area contributed by atoms with E-state index in [0.717, 1.165) is 18.7 Å². The van der Waals surface area contributed by atoms with Crippen LogP contribution in [0, 0.1) is 0 Å². The molecule has 0 unspecified atom stereocenters. The Morgan fingerprint density at radius 2 is 2.12 bits per heavy atom. The maximum absolute atomic E-state index is 12.8. The first-order valence-corrected chi connectivity index (χ1v) is 9.02. The molecule has 1 saturated heterocycles. The number of carbonyl (C=O) groups is 1. The molecule has 0 N–H and O–H groups in total. The minimum atomic E-state index is 0.0234. The number of ether oxygens (including phenoxy) is 1. The number of aryl methyl sites for hydroxylation is 1. The van der Waals surface area contributed by atoms with Crippen molar-refractivity contribution in [3.63, 3.8) is 0 Å². The normalized spacial score (nSPS) is 20.8. The number of nitrogens with zero attached hydrogens (tertiary/aromatic N) is 3. The Balaban J connectivity index is 1.59. The highest BCUT2D eigenvalue weighted by atomic mass is 16.5. The fourth-order valence-electron chi connectivity index (χ4n) is 3.54. The molecule has 25 heavy (non-hydrogen) atoms. The van der Waals surface area contributed by atoms with Crippen molar-refractivity contribution in [1.29, 1.82) is 0 Å². The second kappa shape index (κ2) is 6.59. The predicted molar refractivity (Wildman–Crippen MR) is 94.6 cm³/mol. The Morgan fingerprint density at radius 3 is 2.88 bits per heavy atom. The van der Waals surface area contributed by atoms with E-state index in [1.54, 1.807) is 0 Å². The summed E-state index contributed by atoms with van der Waals surface area (Å²) in [5.41, 5.74) is 0.738. The highest BCUT2D eigenvalue weighted by molar-refractivity contribution is 5.78. The average molecular weight is 341 g/mol. The minimum Gasteiger partial charge on any atom is -0.377 e. The third-order valence-corrected chi connectivity index (χ3v) is 5.04. The number of hydrogen-bond acceptors (Lipinski definition) is 4. The van der Waals surface area contributed by atoms with Gasteiger partial charge in [-0.25, -0.2) is 4.98 Å². The molecule has 6 heteroatoms. The number of benzene rings is 1. The van der Waals surface area contributed by atoms with Gasteiger partial charge >= 0.3 is 0 Å². The van der Waals surface area contributed by atoms with Gasteiger partial charge in [0.05, 0.1) is 30.2 Å². The number of morpholine rings is 1. The molecule has 1 aliphatic heterocycles. The summed E-state index contributed by atoms with van der Waals surface area (Å²) in [5, 5.41) is 0.659. The molecule has 4 rings (SSSR count). The molecule has 6 nitrogen and oxygen atoms in total. The summed E-state index contributed by atoms with van der Waals surface area (Å²) in [4.78, 5) is 32.0. The quantitative estimate of drug-likeness (QED) is 0.852. The van der Waals surface area contributed by atoms with Crippen molar-refractivity contribution in [3.8, 4) is 0 Å². The molecular formula is C19H23N3O3. The van der Waals surface area contributed by atoms with Gasteiger partial charge in [-0.2, -0.15) is 0 Å². The van der Waals surface area contributed by atoms with Crippen LogP contribution in [0.1, 0.15) is 38.1 Å². The first-order chi connectivity index (χ1) is 12.1. The monoisotopic (exact) mass is 341 g/mol. The second-order valence-electron chi connectivity index (χ2n) is 6.96. The molecule has 1 amide bonds. The molecule has 1 aliphatic carbocycles. The van der Waals surface area contributed by atoms with Crippen LogP contribution in [0.2, 0.25) is 0 Å². The molecule has 2 fully saturated rings. The van der Waals surface area contributed by atoms with E-state index in [0.29, 0.717) is 43.5 Å². The number of hydrogen-bond donors (Lipinski definition) is 0. The number of carbonyl (C=O) groups excluding carboxylic acids is 1. The maximum Gasteiger partial charge on any atom is 0.261 e. The van der Waals surface area contributed by atoms with E-state index < -0.39 is 0 Å². The van der Waals surface area contributed by atoms with E-state index in [1.165, 1.54) is 0 Å². The van der Waals surface area contributed by atoms with Gasteiger partial charge in [0, 0.05) is 25.4 Å². The van der Waals surface area contributed by atoms with Crippen molar-refractivity contribution in [1.82, 2.24) is 14.5 Å². The number of aromatic nitrogens is 2. The highest BCUT2D eigenvalue weighted by Crippen LogP contribution is 2.35. The smallest absolute Gasteiger partial charge is 0.261 e. The van der Waals surface area contributed by atoms with Crippen molar-refractivity contribution in [2.24, 2.45) is 0 Å². The Morgan fingerprint density at radius 1 is 1.32 bits per heavy atom. The van der Waals surface area contributed by atoms with Gasteiger partial charge in [-0.3, -0.25) is 14.2 Å². The molecule has 1 saturated carbocycles. The van der Waals surface area contributed by atoms with Gasteiger partial charge in [0.2, 0.25) is 5.91 Å². The largest absolute Gasteiger partial charge is 0.377 e. The fourth-order valence-corrected chi connectivity index (χ4v) is 3.54. The van der Waals surface area contributed by atoms with Gasteiger partial charge in [-0.1, -0.05) is 12.1 Å². The fraction of sp³-hybridized carbons (Fsp3) is 0.526. The van der Waals surface area contributed by atoms with Gasteiger partial charge in [-0.15, -0.1) is 0 Å². The molecule has 1 aromatic carbocycles. The Labute approximate surface area is 146 Å². The van der Waals surface area contributed by atoms with E-state index in [4.69, 9.17) is 9.72 Å². The summed E-state index contributed by atoms with van der Waals surface area (Å²) in [5.74, 6) is 0.848. The summed E-state index contributed by atoms with van der Waals surface area (Å²) in [6.45, 7) is 3.83. The van der Waals surface area contributed by atoms with E-state index in [2.05, 4.69) is 0 Å². The van der Waals surface area contributed by atoms with Gasteiger partial charge in [0.1, 0.15) is 5.82 Å². The van der Waals surface area contributed by atoms with Crippen LogP contribution in [0.15, 0.2) is 29.1 Å². The van der Waals surface area contributed by atoms with E-state index >= 15 is 0 Å². The molecule has 1 aromatic heterocycles. The third kappa shape index (κ3) is 3.18. The SMILES string of the molecule is C[C@H]1COCCN1C(=O)CCc1nc2ccccc2c(=O)n1C1CC1. The highest BCUT2D eigenvalue weighted by Gasteiger charge is 2.29. The summed E-state index contributed by atoms with van der Waals surface area (Å²) in [6, 6.07) is 7.80. The second-order valence-corrected chi connectivity index (χ2v) is 6.96. The molecule has 1 atom stereocenters. The van der Waals surface area contributed by atoms with Gasteiger partial charge in [0.15, 0.2) is 0 Å². The molecular weight excluding hydrogens is 318 g/mol. The van der Waals surface area contributed by atoms with E-state index in [-0.39, 0.29) is 23.6 Å². The van der Waals surface area contributed by atoms with Gasteiger partial charge in [0.25, 0.3) is 5.56 Å². The topological polar surface area (TPSA) is 64.4 Å². The van der Waals surface area contributed by atoms with Crippen LogP contribution in [0.4, 0.5) is 0 Å². The zero-order valence-corrected chi connectivity index (χ0v) is 14.5. The molecule has 2 aliphatic rings. The molecule has 0 spiro atoms. The van der Waals surface area contributed by atoms with Crippen LogP contribution in [0.5, 0.6) is 0 Å². The Hall–Kier alpha value is -2.21. The lowest BCUT2D eigenvalue weighted by molar-refractivity contribution is -0.139. The summed E-state index contributed by atoms with van der Waals surface area (Å²) < 4.78 is 7.21. The minimum absolute atomic E-state index is 0.0234. The van der Waals surface area contributed by atoms with Crippen molar-refractivity contribution >= 4 is 16.8 Å². The van der Waals surface area contributed by atoms with Crippen LogP contribution in [-0.4, -0.2) is 46.2 Å². The summed E-state index contributed by atoms with van der Waals surface area (Å²) >= 11 is 0. The Bertz CT molecular complexity index is 857. The zero-order valence-electron chi connectivity index (χ0n) is 14.5. The number of amides is 1. The lowest BCUT2D eigenvalue weighted by atomic mass is 10.2. The zero-order chi connectivity index (χ0) is 17.4. The molecule has 2 heterocycles. The van der Waals surface area contributed by atoms with Crippen molar-refractivity contribution in [3.05, 3.63) is 40.4 Å². The molecule has 132 valence electrons. The van der Waals surface area contributed by atoms with Crippen molar-refractivity contribution in [2.45, 2.75) is 44.7 Å². The molecule has 0 radical (unpaired) electrons. The number of para-hydroxylation sites is 1. The Kier molecular flexibility index (Phi) is 4.29. The third-order valence-electron chi connectivity index (χ3n) is 5.04. The molecule has 0 bridgehead atoms. The van der Waals surface area contributed by atoms with Crippen LogP contribution in [0.3, 0.4) is 0 Å².